The van der Waals surface area contributed by atoms with Gasteiger partial charge in [-0.15, -0.1) is 6.58 Å². The molecule has 3 heteroatoms. The summed E-state index contributed by atoms with van der Waals surface area (Å²) < 4.78 is 0. The van der Waals surface area contributed by atoms with Crippen molar-refractivity contribution in [2.45, 2.75) is 93.9 Å². The standard InChI is InChI=1S/C15H14N2.C15H31N.C4H8/c1-10-7-8-11(2)12(9-10)15-16-13-5-3-4-6-14(13)17-15;1-6-10-15(11-7-2)14(5)16(12-8-3)13-9-4;1-4(2)3/h3-9H,1-2H3,(H,16,17);15H,5-13H2,1-4H3;1H2,2-3H3. The molecule has 2 aromatic carbocycles. The van der Waals surface area contributed by atoms with Gasteiger partial charge in [0.05, 0.1) is 11.0 Å². The van der Waals surface area contributed by atoms with E-state index in [0.717, 1.165) is 16.9 Å². The molecule has 0 unspecified atom stereocenters. The predicted octanol–water partition coefficient (Wildman–Crippen LogP) is 10.3. The second kappa shape index (κ2) is 17.6. The molecule has 0 aliphatic carbocycles. The SMILES string of the molecule is C=C(C(CCC)CCC)N(CCC)CCC.C=C(C)C.Cc1ccc(C)c(-c2nc3ccccc3[nH]2)c1. The summed E-state index contributed by atoms with van der Waals surface area (Å²) in [6.07, 6.45) is 7.60. The topological polar surface area (TPSA) is 31.9 Å². The summed E-state index contributed by atoms with van der Waals surface area (Å²) in [5.41, 5.74) is 8.35. The van der Waals surface area contributed by atoms with Crippen molar-refractivity contribution in [3.05, 3.63) is 78.0 Å². The van der Waals surface area contributed by atoms with Gasteiger partial charge in [-0.05, 0) is 83.1 Å². The van der Waals surface area contributed by atoms with E-state index in [-0.39, 0.29) is 0 Å². The molecule has 0 bridgehead atoms. The molecule has 1 N–H and O–H groups in total. The van der Waals surface area contributed by atoms with E-state index in [1.165, 1.54) is 79.6 Å². The highest BCUT2D eigenvalue weighted by Crippen LogP contribution is 2.25. The first kappa shape index (κ1) is 32.2. The lowest BCUT2D eigenvalue weighted by atomic mass is 9.94. The Morgan fingerprint density at radius 1 is 0.865 bits per heavy atom. The third-order valence-electron chi connectivity index (χ3n) is 6.18. The molecule has 3 aromatic rings. The van der Waals surface area contributed by atoms with Gasteiger partial charge in [0.15, 0.2) is 0 Å². The van der Waals surface area contributed by atoms with E-state index in [2.05, 4.69) is 93.8 Å². The smallest absolute Gasteiger partial charge is 0.138 e. The highest BCUT2D eigenvalue weighted by Gasteiger charge is 2.16. The zero-order valence-electron chi connectivity index (χ0n) is 25.1. The van der Waals surface area contributed by atoms with Gasteiger partial charge in [0.1, 0.15) is 5.82 Å². The number of fused-ring (bicyclic) bond motifs is 1. The van der Waals surface area contributed by atoms with Crippen molar-refractivity contribution in [3.8, 4) is 11.4 Å². The predicted molar refractivity (Wildman–Crippen MR) is 166 cm³/mol. The van der Waals surface area contributed by atoms with Gasteiger partial charge in [-0.3, -0.25) is 0 Å². The number of rotatable bonds is 11. The number of para-hydroxylation sites is 2. The second-order valence-corrected chi connectivity index (χ2v) is 10.4. The van der Waals surface area contributed by atoms with Crippen LogP contribution in [0.2, 0.25) is 0 Å². The molecule has 1 heterocycles. The van der Waals surface area contributed by atoms with Crippen LogP contribution in [0.5, 0.6) is 0 Å². The van der Waals surface area contributed by atoms with Crippen LogP contribution >= 0.6 is 0 Å². The average molecular weight is 504 g/mol. The van der Waals surface area contributed by atoms with Crippen molar-refractivity contribution in [1.82, 2.24) is 14.9 Å². The zero-order chi connectivity index (χ0) is 27.8. The fourth-order valence-corrected chi connectivity index (χ4v) is 4.44. The molecule has 3 nitrogen and oxygen atoms in total. The van der Waals surface area contributed by atoms with Crippen LogP contribution < -0.4 is 0 Å². The Kier molecular flexibility index (Phi) is 15.3. The molecule has 3 rings (SSSR count). The maximum Gasteiger partial charge on any atom is 0.138 e. The summed E-state index contributed by atoms with van der Waals surface area (Å²) in [5, 5.41) is 0. The summed E-state index contributed by atoms with van der Waals surface area (Å²) in [4.78, 5) is 10.5. The van der Waals surface area contributed by atoms with Gasteiger partial charge < -0.3 is 9.88 Å². The van der Waals surface area contributed by atoms with Crippen molar-refractivity contribution in [3.63, 3.8) is 0 Å². The number of hydrogen-bond donors (Lipinski definition) is 1. The molecular formula is C34H53N3. The number of imidazole rings is 1. The van der Waals surface area contributed by atoms with Crippen LogP contribution in [0, 0.1) is 19.8 Å². The van der Waals surface area contributed by atoms with Gasteiger partial charge in [-0.25, -0.2) is 4.98 Å². The lowest BCUT2D eigenvalue weighted by Gasteiger charge is -2.31. The monoisotopic (exact) mass is 503 g/mol. The molecule has 0 spiro atoms. The molecule has 0 atom stereocenters. The Labute approximate surface area is 228 Å². The molecule has 0 radical (unpaired) electrons. The van der Waals surface area contributed by atoms with E-state index in [9.17, 15) is 0 Å². The lowest BCUT2D eigenvalue weighted by Crippen LogP contribution is -2.28. The van der Waals surface area contributed by atoms with E-state index in [0.29, 0.717) is 5.92 Å². The minimum Gasteiger partial charge on any atom is -0.375 e. The first-order valence-electron chi connectivity index (χ1n) is 14.3. The number of nitrogens with one attached hydrogen (secondary N) is 1. The Balaban J connectivity index is 0.000000325. The maximum atomic E-state index is 4.63. The summed E-state index contributed by atoms with van der Waals surface area (Å²) in [7, 11) is 0. The molecule has 0 aliphatic rings. The minimum absolute atomic E-state index is 0.716. The summed E-state index contributed by atoms with van der Waals surface area (Å²) in [6, 6.07) is 14.5. The van der Waals surface area contributed by atoms with Crippen LogP contribution in [0.3, 0.4) is 0 Å². The van der Waals surface area contributed by atoms with Crippen molar-refractivity contribution in [2.75, 3.05) is 13.1 Å². The van der Waals surface area contributed by atoms with Crippen LogP contribution in [-0.4, -0.2) is 28.0 Å². The van der Waals surface area contributed by atoms with Gasteiger partial charge in [0.25, 0.3) is 0 Å². The normalized spacial score (nSPS) is 10.4. The quantitative estimate of drug-likeness (QED) is 0.264. The first-order valence-corrected chi connectivity index (χ1v) is 14.3. The van der Waals surface area contributed by atoms with Crippen molar-refractivity contribution in [2.24, 2.45) is 5.92 Å². The molecule has 0 saturated carbocycles. The third kappa shape index (κ3) is 11.4. The number of aromatic amines is 1. The Morgan fingerprint density at radius 3 is 1.95 bits per heavy atom. The van der Waals surface area contributed by atoms with Crippen molar-refractivity contribution in [1.29, 1.82) is 0 Å². The van der Waals surface area contributed by atoms with E-state index in [1.807, 2.05) is 32.0 Å². The lowest BCUT2D eigenvalue weighted by molar-refractivity contribution is 0.288. The number of aryl methyl sites for hydroxylation is 2. The molecule has 0 amide bonds. The summed E-state index contributed by atoms with van der Waals surface area (Å²) in [6.45, 7) is 27.5. The first-order chi connectivity index (χ1) is 17.7. The van der Waals surface area contributed by atoms with Gasteiger partial charge in [-0.1, -0.05) is 82.5 Å². The van der Waals surface area contributed by atoms with Crippen LogP contribution in [0.1, 0.15) is 91.2 Å². The molecule has 37 heavy (non-hydrogen) atoms. The van der Waals surface area contributed by atoms with Crippen LogP contribution in [0.25, 0.3) is 22.4 Å². The van der Waals surface area contributed by atoms with E-state index in [1.54, 1.807) is 0 Å². The Bertz CT molecular complexity index is 1010. The largest absolute Gasteiger partial charge is 0.375 e. The van der Waals surface area contributed by atoms with Crippen LogP contribution in [0.4, 0.5) is 0 Å². The van der Waals surface area contributed by atoms with Crippen LogP contribution in [0.15, 0.2) is 66.9 Å². The molecule has 1 aromatic heterocycles. The molecule has 0 fully saturated rings. The van der Waals surface area contributed by atoms with Gasteiger partial charge in [-0.2, -0.15) is 0 Å². The highest BCUT2D eigenvalue weighted by atomic mass is 15.1. The number of nitrogens with zero attached hydrogens (tertiary/aromatic N) is 2. The molecule has 204 valence electrons. The maximum absolute atomic E-state index is 4.63. The summed E-state index contributed by atoms with van der Waals surface area (Å²) >= 11 is 0. The third-order valence-corrected chi connectivity index (χ3v) is 6.18. The minimum atomic E-state index is 0.716. The fourth-order valence-electron chi connectivity index (χ4n) is 4.44. The van der Waals surface area contributed by atoms with Gasteiger partial charge in [0, 0.05) is 24.4 Å². The molecule has 0 saturated heterocycles. The van der Waals surface area contributed by atoms with Gasteiger partial charge in [0.2, 0.25) is 0 Å². The van der Waals surface area contributed by atoms with E-state index >= 15 is 0 Å². The van der Waals surface area contributed by atoms with E-state index in [4.69, 9.17) is 0 Å². The average Bonchev–Trinajstić information content (AvgIpc) is 3.29. The van der Waals surface area contributed by atoms with E-state index < -0.39 is 0 Å². The van der Waals surface area contributed by atoms with Crippen molar-refractivity contribution < 1.29 is 0 Å². The number of allylic oxidation sites excluding steroid dienone is 2. The van der Waals surface area contributed by atoms with Crippen molar-refractivity contribution >= 4 is 11.0 Å². The number of aromatic nitrogens is 2. The summed E-state index contributed by atoms with van der Waals surface area (Å²) in [5.74, 6) is 1.67. The van der Waals surface area contributed by atoms with Gasteiger partial charge >= 0.3 is 0 Å². The highest BCUT2D eigenvalue weighted by molar-refractivity contribution is 5.79. The van der Waals surface area contributed by atoms with Crippen LogP contribution in [-0.2, 0) is 0 Å². The Morgan fingerprint density at radius 2 is 1.43 bits per heavy atom. The second-order valence-electron chi connectivity index (χ2n) is 10.4. The number of hydrogen-bond acceptors (Lipinski definition) is 2. The molecule has 0 aliphatic heterocycles. The Hall–Kier alpha value is -2.81. The zero-order valence-corrected chi connectivity index (χ0v) is 25.1. The number of benzene rings is 2. The number of H-pyrrole nitrogens is 1. The molecular weight excluding hydrogens is 450 g/mol. The fraction of sp³-hybridized carbons (Fsp3) is 0.500.